The minimum absolute atomic E-state index is 0.0288. The number of halogens is 1. The van der Waals surface area contributed by atoms with Gasteiger partial charge in [-0.05, 0) is 105 Å². The van der Waals surface area contributed by atoms with Crippen molar-refractivity contribution in [3.8, 4) is 0 Å². The molecule has 1 saturated heterocycles. The van der Waals surface area contributed by atoms with Crippen LogP contribution in [0.3, 0.4) is 0 Å². The number of hydrogen-bond acceptors (Lipinski definition) is 7. The van der Waals surface area contributed by atoms with Crippen LogP contribution in [0, 0.1) is 23.6 Å². The molecule has 1 fully saturated rings. The van der Waals surface area contributed by atoms with Gasteiger partial charge in [0.05, 0.1) is 10.4 Å². The summed E-state index contributed by atoms with van der Waals surface area (Å²) in [6.45, 7) is 7.06. The van der Waals surface area contributed by atoms with E-state index in [-0.39, 0.29) is 11.6 Å². The first-order valence-electron chi connectivity index (χ1n) is 12.0. The number of allylic oxidation sites excluding steroid dienone is 3. The van der Waals surface area contributed by atoms with Crippen molar-refractivity contribution in [1.82, 2.24) is 14.6 Å². The molecule has 2 heterocycles. The summed E-state index contributed by atoms with van der Waals surface area (Å²) < 4.78 is 15.6. The molecule has 0 radical (unpaired) electrons. The number of pyridine rings is 1. The van der Waals surface area contributed by atoms with Crippen LogP contribution in [-0.2, 0) is 0 Å². The molecule has 0 saturated carbocycles. The maximum atomic E-state index is 14.1. The molecule has 0 amide bonds. The first-order valence-corrected chi connectivity index (χ1v) is 12.8. The maximum absolute atomic E-state index is 14.1. The Kier molecular flexibility index (Phi) is 7.76. The number of aromatic nitrogens is 1. The van der Waals surface area contributed by atoms with E-state index in [4.69, 9.17) is 5.41 Å². The van der Waals surface area contributed by atoms with E-state index in [1.165, 1.54) is 12.1 Å². The number of rotatable bonds is 8. The fourth-order valence-electron chi connectivity index (χ4n) is 4.78. The van der Waals surface area contributed by atoms with Crippen molar-refractivity contribution in [1.29, 1.82) is 5.41 Å². The van der Waals surface area contributed by atoms with Crippen molar-refractivity contribution in [2.45, 2.75) is 33.6 Å². The minimum atomic E-state index is -0.733. The second-order valence-electron chi connectivity index (χ2n) is 9.45. The quantitative estimate of drug-likeness (QED) is 0.237. The number of fused-ring (bicyclic) bond motifs is 1. The zero-order valence-corrected chi connectivity index (χ0v) is 21.9. The van der Waals surface area contributed by atoms with Crippen molar-refractivity contribution in [3.05, 3.63) is 93.7 Å². The van der Waals surface area contributed by atoms with Gasteiger partial charge in [-0.25, -0.2) is 8.70 Å². The summed E-state index contributed by atoms with van der Waals surface area (Å²) in [5.74, 6) is -0.247. The molecular formula is C28H32FN5OS. The number of benzene rings is 1. The van der Waals surface area contributed by atoms with Gasteiger partial charge in [-0.2, -0.15) is 0 Å². The van der Waals surface area contributed by atoms with Crippen LogP contribution in [0.25, 0.3) is 0 Å². The number of ketones is 1. The molecule has 2 aliphatic rings. The lowest BCUT2D eigenvalue weighted by Gasteiger charge is -2.45. The topological polar surface area (TPSA) is 81.1 Å². The molecule has 2 aromatic rings. The van der Waals surface area contributed by atoms with E-state index in [0.717, 1.165) is 46.1 Å². The Hall–Kier alpha value is -3.23. The molecule has 1 aromatic carbocycles. The van der Waals surface area contributed by atoms with Gasteiger partial charge in [0.1, 0.15) is 11.5 Å². The lowest BCUT2D eigenvalue weighted by atomic mass is 9.65. The van der Waals surface area contributed by atoms with Gasteiger partial charge < -0.3 is 16.0 Å². The van der Waals surface area contributed by atoms with E-state index in [0.29, 0.717) is 24.4 Å². The molecule has 1 unspecified atom stereocenters. The zero-order valence-electron chi connectivity index (χ0n) is 21.1. The number of anilines is 1. The highest BCUT2D eigenvalue weighted by molar-refractivity contribution is 8.00. The second-order valence-corrected chi connectivity index (χ2v) is 10.6. The number of piperidine rings is 1. The molecule has 188 valence electrons. The van der Waals surface area contributed by atoms with Gasteiger partial charge in [-0.3, -0.25) is 9.78 Å². The van der Waals surface area contributed by atoms with Gasteiger partial charge in [-0.1, -0.05) is 5.57 Å². The third-order valence-electron chi connectivity index (χ3n) is 6.56. The predicted octanol–water partition coefficient (Wildman–Crippen LogP) is 5.87. The monoisotopic (exact) mass is 505 g/mol. The lowest BCUT2D eigenvalue weighted by molar-refractivity contribution is 0.0773. The van der Waals surface area contributed by atoms with E-state index < -0.39 is 5.41 Å². The van der Waals surface area contributed by atoms with Gasteiger partial charge in [0, 0.05) is 43.4 Å². The van der Waals surface area contributed by atoms with Crippen LogP contribution in [0.1, 0.15) is 42.7 Å². The summed E-state index contributed by atoms with van der Waals surface area (Å²) in [6, 6.07) is 10.1. The average molecular weight is 506 g/mol. The SMILES string of the molecule is CN/C(=C\C(C)=N)SN1CCC2=CC(Nc3ccc(F)cc3)=C(C)CC2(C(=O)c2cc(C)ccn2)C1. The Morgan fingerprint density at radius 1 is 1.25 bits per heavy atom. The fraction of sp³-hybridized carbons (Fsp3) is 0.321. The van der Waals surface area contributed by atoms with E-state index in [1.807, 2.05) is 33.0 Å². The van der Waals surface area contributed by atoms with E-state index in [9.17, 15) is 9.18 Å². The summed E-state index contributed by atoms with van der Waals surface area (Å²) in [4.78, 5) is 18.6. The van der Waals surface area contributed by atoms with Gasteiger partial charge in [0.15, 0.2) is 5.78 Å². The normalized spacial score (nSPS) is 20.5. The lowest BCUT2D eigenvalue weighted by Crippen LogP contribution is -2.49. The van der Waals surface area contributed by atoms with Crippen molar-refractivity contribution in [2.24, 2.45) is 5.41 Å². The van der Waals surface area contributed by atoms with Crippen molar-refractivity contribution in [2.75, 3.05) is 25.5 Å². The third kappa shape index (κ3) is 5.60. The maximum Gasteiger partial charge on any atom is 0.192 e. The first kappa shape index (κ1) is 25.9. The Morgan fingerprint density at radius 2 is 2.00 bits per heavy atom. The highest BCUT2D eigenvalue weighted by Crippen LogP contribution is 2.48. The van der Waals surface area contributed by atoms with Gasteiger partial charge in [0.25, 0.3) is 0 Å². The number of Topliss-reactive ketones (excluding diaryl/α,β-unsaturated/α-hetero) is 1. The van der Waals surface area contributed by atoms with Crippen LogP contribution in [0.2, 0.25) is 0 Å². The largest absolute Gasteiger partial charge is 0.382 e. The summed E-state index contributed by atoms with van der Waals surface area (Å²) >= 11 is 1.55. The smallest absolute Gasteiger partial charge is 0.192 e. The molecule has 0 spiro atoms. The number of nitrogens with one attached hydrogen (secondary N) is 3. The molecule has 0 bridgehead atoms. The van der Waals surface area contributed by atoms with Crippen LogP contribution < -0.4 is 10.6 Å². The van der Waals surface area contributed by atoms with Gasteiger partial charge >= 0.3 is 0 Å². The molecule has 3 N–H and O–H groups in total. The molecule has 36 heavy (non-hydrogen) atoms. The number of carbonyl (C=O) groups is 1. The highest BCUT2D eigenvalue weighted by atomic mass is 32.2. The van der Waals surface area contributed by atoms with Crippen LogP contribution in [0.4, 0.5) is 10.1 Å². The minimum Gasteiger partial charge on any atom is -0.382 e. The molecule has 1 aromatic heterocycles. The zero-order chi connectivity index (χ0) is 25.9. The first-order chi connectivity index (χ1) is 17.2. The fourth-order valence-corrected chi connectivity index (χ4v) is 5.85. The number of carbonyl (C=O) groups excluding carboxylic acids is 1. The summed E-state index contributed by atoms with van der Waals surface area (Å²) in [5.41, 5.74) is 5.12. The molecule has 6 nitrogen and oxygen atoms in total. The molecule has 1 atom stereocenters. The predicted molar refractivity (Wildman–Crippen MR) is 145 cm³/mol. The van der Waals surface area contributed by atoms with E-state index >= 15 is 0 Å². The summed E-state index contributed by atoms with van der Waals surface area (Å²) in [6.07, 6.45) is 6.89. The number of aryl methyl sites for hydroxylation is 1. The number of nitrogens with zero attached hydrogens (tertiary/aromatic N) is 2. The van der Waals surface area contributed by atoms with Crippen molar-refractivity contribution in [3.63, 3.8) is 0 Å². The standard InChI is InChI=1S/C28H32FN5OS/c1-18-9-11-32-25(13-18)27(35)28-16-19(2)24(33-23-7-5-22(29)6-8-23)15-21(28)10-12-34(17-28)36-26(31-4)14-20(3)30/h5-9,11,13-15,30-31,33H,10,12,16-17H2,1-4H3/b26-14+,30-20?. The molecule has 8 heteroatoms. The van der Waals surface area contributed by atoms with Gasteiger partial charge in [0.2, 0.25) is 0 Å². The van der Waals surface area contributed by atoms with Crippen LogP contribution >= 0.6 is 11.9 Å². The Balaban J connectivity index is 1.69. The van der Waals surface area contributed by atoms with E-state index in [2.05, 4.69) is 26.0 Å². The average Bonchev–Trinajstić information content (AvgIpc) is 2.84. The summed E-state index contributed by atoms with van der Waals surface area (Å²) in [7, 11) is 1.84. The van der Waals surface area contributed by atoms with Crippen LogP contribution in [-0.4, -0.2) is 40.9 Å². The highest BCUT2D eigenvalue weighted by Gasteiger charge is 2.48. The van der Waals surface area contributed by atoms with E-state index in [1.54, 1.807) is 43.3 Å². The Morgan fingerprint density at radius 3 is 2.67 bits per heavy atom. The van der Waals surface area contributed by atoms with Crippen molar-refractivity contribution >= 4 is 29.1 Å². The van der Waals surface area contributed by atoms with Crippen molar-refractivity contribution < 1.29 is 9.18 Å². The number of hydrogen-bond donors (Lipinski definition) is 3. The Bertz CT molecular complexity index is 1270. The Labute approximate surface area is 216 Å². The molecule has 1 aliphatic carbocycles. The third-order valence-corrected chi connectivity index (χ3v) is 7.65. The van der Waals surface area contributed by atoms with Gasteiger partial charge in [-0.15, -0.1) is 0 Å². The van der Waals surface area contributed by atoms with Crippen LogP contribution in [0.5, 0.6) is 0 Å². The summed E-state index contributed by atoms with van der Waals surface area (Å²) in [5, 5.41) is 15.3. The molecule has 4 rings (SSSR count). The molecular weight excluding hydrogens is 473 g/mol. The van der Waals surface area contributed by atoms with Crippen LogP contribution in [0.15, 0.2) is 76.6 Å². The second kappa shape index (κ2) is 10.8. The molecule has 1 aliphatic heterocycles.